The van der Waals surface area contributed by atoms with Gasteiger partial charge in [-0.25, -0.2) is 4.98 Å². The van der Waals surface area contributed by atoms with Crippen LogP contribution in [-0.2, 0) is 0 Å². The van der Waals surface area contributed by atoms with Crippen LogP contribution >= 0.6 is 24.8 Å². The fraction of sp³-hybridized carbons (Fsp3) is 0.263. The lowest BCUT2D eigenvalue weighted by atomic mass is 10.0. The molecular formula is C19H21Cl2N3O2. The predicted octanol–water partition coefficient (Wildman–Crippen LogP) is 3.90. The molecule has 1 aliphatic heterocycles. The zero-order valence-corrected chi connectivity index (χ0v) is 15.8. The van der Waals surface area contributed by atoms with E-state index in [-0.39, 0.29) is 36.8 Å². The molecule has 0 aliphatic carbocycles. The average molecular weight is 394 g/mol. The second-order valence-corrected chi connectivity index (χ2v) is 6.18. The first-order valence-electron chi connectivity index (χ1n) is 8.21. The molecule has 7 heteroatoms. The van der Waals surface area contributed by atoms with Crippen molar-refractivity contribution >= 4 is 41.6 Å². The third kappa shape index (κ3) is 3.85. The summed E-state index contributed by atoms with van der Waals surface area (Å²) in [5.41, 5.74) is 8.09. The van der Waals surface area contributed by atoms with Crippen molar-refractivity contribution in [2.75, 3.05) is 13.1 Å². The van der Waals surface area contributed by atoms with Gasteiger partial charge in [-0.2, -0.15) is 0 Å². The standard InChI is InChI=1S/C19H19N3O2.2ClH/c20-13-7-9-22(10-8-13)19(23)15-12-17(18-6-3-11-24-18)21-16-5-2-1-4-14(15)16;;/h1-6,11-13H,7-10,20H2;2*1H. The largest absolute Gasteiger partial charge is 0.463 e. The van der Waals surface area contributed by atoms with Crippen LogP contribution in [0.5, 0.6) is 0 Å². The number of nitrogens with zero attached hydrogens (tertiary/aromatic N) is 2. The average Bonchev–Trinajstić information content (AvgIpc) is 3.15. The molecule has 1 aliphatic rings. The summed E-state index contributed by atoms with van der Waals surface area (Å²) < 4.78 is 5.46. The second kappa shape index (κ2) is 8.54. The first kappa shape index (κ1) is 20.2. The number of rotatable bonds is 2. The van der Waals surface area contributed by atoms with Crippen molar-refractivity contribution in [2.45, 2.75) is 18.9 Å². The zero-order chi connectivity index (χ0) is 16.5. The highest BCUT2D eigenvalue weighted by Gasteiger charge is 2.24. The lowest BCUT2D eigenvalue weighted by molar-refractivity contribution is 0.0716. The van der Waals surface area contributed by atoms with Crippen molar-refractivity contribution in [3.8, 4) is 11.5 Å². The Morgan fingerprint density at radius 2 is 1.85 bits per heavy atom. The van der Waals surface area contributed by atoms with Crippen molar-refractivity contribution in [3.63, 3.8) is 0 Å². The smallest absolute Gasteiger partial charge is 0.254 e. The number of hydrogen-bond acceptors (Lipinski definition) is 4. The van der Waals surface area contributed by atoms with E-state index < -0.39 is 0 Å². The second-order valence-electron chi connectivity index (χ2n) is 6.18. The van der Waals surface area contributed by atoms with E-state index in [1.165, 1.54) is 0 Å². The van der Waals surface area contributed by atoms with Gasteiger partial charge in [0.1, 0.15) is 5.69 Å². The summed E-state index contributed by atoms with van der Waals surface area (Å²) in [6.07, 6.45) is 3.30. The van der Waals surface area contributed by atoms with E-state index in [4.69, 9.17) is 10.2 Å². The Hall–Kier alpha value is -2.08. The van der Waals surface area contributed by atoms with Crippen molar-refractivity contribution in [1.82, 2.24) is 9.88 Å². The van der Waals surface area contributed by atoms with E-state index >= 15 is 0 Å². The molecular weight excluding hydrogens is 373 g/mol. The number of amides is 1. The van der Waals surface area contributed by atoms with Gasteiger partial charge in [-0.05, 0) is 37.1 Å². The SMILES string of the molecule is Cl.Cl.NC1CCN(C(=O)c2cc(-c3ccco3)nc3ccccc23)CC1. The number of piperidine rings is 1. The van der Waals surface area contributed by atoms with Crippen molar-refractivity contribution < 1.29 is 9.21 Å². The molecule has 2 N–H and O–H groups in total. The van der Waals surface area contributed by atoms with Crippen LogP contribution in [0.4, 0.5) is 0 Å². The minimum atomic E-state index is 0. The highest BCUT2D eigenvalue weighted by atomic mass is 35.5. The molecule has 4 rings (SSSR count). The third-order valence-corrected chi connectivity index (χ3v) is 4.55. The summed E-state index contributed by atoms with van der Waals surface area (Å²) in [4.78, 5) is 19.6. The summed E-state index contributed by atoms with van der Waals surface area (Å²) in [6, 6.07) is 13.4. The fourth-order valence-electron chi connectivity index (χ4n) is 3.18. The van der Waals surface area contributed by atoms with E-state index in [1.807, 2.05) is 47.4 Å². The van der Waals surface area contributed by atoms with Crippen LogP contribution in [0.15, 0.2) is 53.1 Å². The highest BCUT2D eigenvalue weighted by molar-refractivity contribution is 6.07. The Balaban J connectivity index is 0.00000121. The van der Waals surface area contributed by atoms with Crippen LogP contribution in [0, 0.1) is 0 Å². The van der Waals surface area contributed by atoms with Gasteiger partial charge in [-0.3, -0.25) is 4.79 Å². The van der Waals surface area contributed by atoms with E-state index in [0.717, 1.165) is 23.7 Å². The number of aromatic nitrogens is 1. The number of para-hydroxylation sites is 1. The molecule has 0 atom stereocenters. The van der Waals surface area contributed by atoms with Gasteiger partial charge in [0.2, 0.25) is 0 Å². The van der Waals surface area contributed by atoms with Crippen molar-refractivity contribution in [2.24, 2.45) is 5.73 Å². The summed E-state index contributed by atoms with van der Waals surface area (Å²) >= 11 is 0. The van der Waals surface area contributed by atoms with Crippen LogP contribution in [0.2, 0.25) is 0 Å². The van der Waals surface area contributed by atoms with Gasteiger partial charge in [-0.15, -0.1) is 24.8 Å². The molecule has 2 aromatic heterocycles. The van der Waals surface area contributed by atoms with Gasteiger partial charge in [0.25, 0.3) is 5.91 Å². The fourth-order valence-corrected chi connectivity index (χ4v) is 3.18. The molecule has 1 saturated heterocycles. The zero-order valence-electron chi connectivity index (χ0n) is 14.1. The first-order chi connectivity index (χ1) is 11.7. The Kier molecular flexibility index (Phi) is 6.64. The number of likely N-dealkylation sites (tertiary alicyclic amines) is 1. The van der Waals surface area contributed by atoms with Gasteiger partial charge in [0, 0.05) is 24.5 Å². The number of carbonyl (C=O) groups is 1. The maximum atomic E-state index is 13.1. The summed E-state index contributed by atoms with van der Waals surface area (Å²) in [6.45, 7) is 1.40. The van der Waals surface area contributed by atoms with E-state index in [0.29, 0.717) is 30.1 Å². The molecule has 0 radical (unpaired) electrons. The minimum absolute atomic E-state index is 0. The number of carbonyl (C=O) groups excluding carboxylic acids is 1. The highest BCUT2D eigenvalue weighted by Crippen LogP contribution is 2.26. The molecule has 1 aromatic carbocycles. The van der Waals surface area contributed by atoms with Crippen LogP contribution in [0.25, 0.3) is 22.4 Å². The van der Waals surface area contributed by atoms with Crippen LogP contribution < -0.4 is 5.73 Å². The lowest BCUT2D eigenvalue weighted by Crippen LogP contribution is -2.42. The van der Waals surface area contributed by atoms with E-state index in [1.54, 1.807) is 6.26 Å². The molecule has 3 heterocycles. The predicted molar refractivity (Wildman–Crippen MR) is 107 cm³/mol. The molecule has 3 aromatic rings. The molecule has 138 valence electrons. The summed E-state index contributed by atoms with van der Waals surface area (Å²) in [7, 11) is 0. The Bertz CT molecular complexity index is 876. The number of pyridine rings is 1. The van der Waals surface area contributed by atoms with E-state index in [2.05, 4.69) is 4.98 Å². The normalized spacial score (nSPS) is 14.6. The minimum Gasteiger partial charge on any atom is -0.463 e. The third-order valence-electron chi connectivity index (χ3n) is 4.55. The molecule has 0 spiro atoms. The quantitative estimate of drug-likeness (QED) is 0.716. The Labute approximate surface area is 164 Å². The van der Waals surface area contributed by atoms with E-state index in [9.17, 15) is 4.79 Å². The van der Waals surface area contributed by atoms with Gasteiger partial charge in [0.05, 0.1) is 17.3 Å². The van der Waals surface area contributed by atoms with Gasteiger partial charge < -0.3 is 15.1 Å². The molecule has 0 saturated carbocycles. The number of hydrogen-bond donors (Lipinski definition) is 1. The summed E-state index contributed by atoms with van der Waals surface area (Å²) in [5, 5.41) is 0.868. The number of furan rings is 1. The maximum Gasteiger partial charge on any atom is 0.254 e. The molecule has 1 fully saturated rings. The number of nitrogens with two attached hydrogens (primary N) is 1. The topological polar surface area (TPSA) is 72.4 Å². The number of fused-ring (bicyclic) bond motifs is 1. The molecule has 26 heavy (non-hydrogen) atoms. The van der Waals surface area contributed by atoms with Gasteiger partial charge >= 0.3 is 0 Å². The van der Waals surface area contributed by atoms with Gasteiger partial charge in [-0.1, -0.05) is 18.2 Å². The summed E-state index contributed by atoms with van der Waals surface area (Å²) in [5.74, 6) is 0.698. The lowest BCUT2D eigenvalue weighted by Gasteiger charge is -2.30. The van der Waals surface area contributed by atoms with Gasteiger partial charge in [0.15, 0.2) is 5.76 Å². The van der Waals surface area contributed by atoms with Crippen LogP contribution in [-0.4, -0.2) is 34.9 Å². The van der Waals surface area contributed by atoms with Crippen LogP contribution in [0.3, 0.4) is 0 Å². The number of halogens is 2. The molecule has 5 nitrogen and oxygen atoms in total. The molecule has 0 unspecified atom stereocenters. The first-order valence-corrected chi connectivity index (χ1v) is 8.21. The number of benzene rings is 1. The molecule has 0 bridgehead atoms. The monoisotopic (exact) mass is 393 g/mol. The molecule has 1 amide bonds. The Morgan fingerprint density at radius 3 is 2.54 bits per heavy atom. The van der Waals surface area contributed by atoms with Crippen LogP contribution in [0.1, 0.15) is 23.2 Å². The van der Waals surface area contributed by atoms with Crippen molar-refractivity contribution in [3.05, 3.63) is 54.3 Å². The van der Waals surface area contributed by atoms with Crippen molar-refractivity contribution in [1.29, 1.82) is 0 Å². The Morgan fingerprint density at radius 1 is 1.12 bits per heavy atom. The maximum absolute atomic E-state index is 13.1.